The molecule has 6 nitrogen and oxygen atoms in total. The maximum absolute atomic E-state index is 12.9. The van der Waals surface area contributed by atoms with E-state index in [2.05, 4.69) is 154 Å². The molecule has 0 heterocycles. The Morgan fingerprint density at radius 1 is 0.253 bits per heavy atom. The van der Waals surface area contributed by atoms with Crippen LogP contribution in [-0.2, 0) is 28.6 Å². The summed E-state index contributed by atoms with van der Waals surface area (Å²) in [6.45, 7) is 6.42. The second-order valence-corrected chi connectivity index (χ2v) is 22.7. The molecule has 0 radical (unpaired) electrons. The number of carbonyl (C=O) groups is 3. The molecular formula is C77H128O6. The molecule has 0 spiro atoms. The van der Waals surface area contributed by atoms with Crippen LogP contribution >= 0.6 is 0 Å². The van der Waals surface area contributed by atoms with Gasteiger partial charge in [0, 0.05) is 19.3 Å². The first-order valence-electron chi connectivity index (χ1n) is 34.7. The lowest BCUT2D eigenvalue weighted by Crippen LogP contribution is -2.30. The highest BCUT2D eigenvalue weighted by Gasteiger charge is 2.19. The first-order chi connectivity index (χ1) is 41.0. The van der Waals surface area contributed by atoms with Gasteiger partial charge in [-0.05, 0) is 116 Å². The number of ether oxygens (including phenoxy) is 3. The smallest absolute Gasteiger partial charge is 0.306 e. The average molecular weight is 1150 g/mol. The molecule has 0 fully saturated rings. The van der Waals surface area contributed by atoms with Crippen LogP contribution < -0.4 is 0 Å². The molecule has 0 saturated heterocycles. The quantitative estimate of drug-likeness (QED) is 0.0261. The summed E-state index contributed by atoms with van der Waals surface area (Å²) in [5.74, 6) is -0.898. The summed E-state index contributed by atoms with van der Waals surface area (Å²) in [6, 6.07) is 0. The molecule has 0 aromatic rings. The fraction of sp³-hybridized carbons (Fsp3) is 0.675. The lowest BCUT2D eigenvalue weighted by Gasteiger charge is -2.18. The minimum atomic E-state index is -0.793. The van der Waals surface area contributed by atoms with Crippen LogP contribution in [0.5, 0.6) is 0 Å². The van der Waals surface area contributed by atoms with E-state index in [9.17, 15) is 14.4 Å². The standard InChI is InChI=1S/C77H128O6/c1-4-7-10-13-16-19-22-25-27-29-31-33-34-35-36-37-38-39-40-41-42-44-45-47-49-52-55-58-61-64-67-70-76(79)82-73-74(72-81-75(78)69-66-63-60-57-54-51-24-21-18-15-12-9-6-3)83-77(80)71-68-65-62-59-56-53-50-48-46-43-32-30-28-26-23-20-17-14-11-8-5-2/h7-8,10-11,16-17,19-20,25-28,31-33,35-36,38-39,43,48,50,74H,4-6,9,12-15,18,21-24,29-30,34,37,40-42,44-47,49,51-73H2,1-3H3/b10-7-,11-8-,19-16-,20-17-,27-25-,28-26-,33-31-,36-35-,39-38-,43-32-,50-48-. The van der Waals surface area contributed by atoms with E-state index in [4.69, 9.17) is 14.2 Å². The Morgan fingerprint density at radius 2 is 0.470 bits per heavy atom. The molecule has 0 aromatic carbocycles. The molecule has 0 amide bonds. The molecule has 0 bridgehead atoms. The van der Waals surface area contributed by atoms with Crippen LogP contribution in [0.2, 0.25) is 0 Å². The predicted octanol–water partition coefficient (Wildman–Crippen LogP) is 24.1. The molecular weight excluding hydrogens is 1020 g/mol. The highest BCUT2D eigenvalue weighted by molar-refractivity contribution is 5.71. The largest absolute Gasteiger partial charge is 0.462 e. The molecule has 0 aliphatic heterocycles. The summed E-state index contributed by atoms with van der Waals surface area (Å²) in [5, 5.41) is 0. The Hall–Kier alpha value is -4.45. The molecule has 0 N–H and O–H groups in total. The minimum absolute atomic E-state index is 0.0861. The predicted molar refractivity (Wildman–Crippen MR) is 362 cm³/mol. The van der Waals surface area contributed by atoms with Crippen LogP contribution in [0.1, 0.15) is 316 Å². The second kappa shape index (κ2) is 70.0. The molecule has 6 heteroatoms. The van der Waals surface area contributed by atoms with E-state index >= 15 is 0 Å². The molecule has 0 aliphatic rings. The Bertz CT molecular complexity index is 1750. The van der Waals surface area contributed by atoms with Crippen LogP contribution in [0.15, 0.2) is 134 Å². The third kappa shape index (κ3) is 68.2. The Balaban J connectivity index is 4.31. The summed E-state index contributed by atoms with van der Waals surface area (Å²) in [4.78, 5) is 38.4. The van der Waals surface area contributed by atoms with E-state index in [-0.39, 0.29) is 31.1 Å². The Morgan fingerprint density at radius 3 is 0.735 bits per heavy atom. The van der Waals surface area contributed by atoms with Crippen molar-refractivity contribution in [3.63, 3.8) is 0 Å². The van der Waals surface area contributed by atoms with Gasteiger partial charge in [-0.25, -0.2) is 0 Å². The summed E-state index contributed by atoms with van der Waals surface area (Å²) in [6.07, 6.45) is 99.0. The number of esters is 3. The Kier molecular flexibility index (Phi) is 66.3. The normalized spacial score (nSPS) is 13.0. The van der Waals surface area contributed by atoms with Gasteiger partial charge in [0.05, 0.1) is 0 Å². The number of carbonyl (C=O) groups excluding carboxylic acids is 3. The lowest BCUT2D eigenvalue weighted by molar-refractivity contribution is -0.167. The summed E-state index contributed by atoms with van der Waals surface area (Å²) in [5.41, 5.74) is 0. The van der Waals surface area contributed by atoms with Gasteiger partial charge in [0.2, 0.25) is 0 Å². The van der Waals surface area contributed by atoms with Gasteiger partial charge in [0.25, 0.3) is 0 Å². The molecule has 0 rings (SSSR count). The highest BCUT2D eigenvalue weighted by atomic mass is 16.6. The van der Waals surface area contributed by atoms with Gasteiger partial charge in [-0.1, -0.05) is 315 Å². The fourth-order valence-corrected chi connectivity index (χ4v) is 9.53. The summed E-state index contributed by atoms with van der Waals surface area (Å²) >= 11 is 0. The van der Waals surface area contributed by atoms with Gasteiger partial charge < -0.3 is 14.2 Å². The molecule has 83 heavy (non-hydrogen) atoms. The number of unbranched alkanes of at least 4 members (excludes halogenated alkanes) is 29. The zero-order valence-electron chi connectivity index (χ0n) is 54.2. The fourth-order valence-electron chi connectivity index (χ4n) is 9.53. The SMILES string of the molecule is CC/C=C\C/C=C\C/C=C\C/C=C\C/C=C\C/C=C\CCCCCCCCCCCCCCC(=O)OCC(COC(=O)CCCCCCCCCCCCCCC)OC(=O)CCCCCCC/C=C\C/C=C\C/C=C\C/C=C\C/C=C\CC. The monoisotopic (exact) mass is 1150 g/mol. The first kappa shape index (κ1) is 78.5. The first-order valence-corrected chi connectivity index (χ1v) is 34.7. The van der Waals surface area contributed by atoms with Crippen LogP contribution in [0.4, 0.5) is 0 Å². The molecule has 1 atom stereocenters. The van der Waals surface area contributed by atoms with Gasteiger partial charge >= 0.3 is 17.9 Å². The Labute approximate surface area is 513 Å². The molecule has 472 valence electrons. The van der Waals surface area contributed by atoms with Crippen molar-refractivity contribution in [1.82, 2.24) is 0 Å². The third-order valence-corrected chi connectivity index (χ3v) is 14.7. The van der Waals surface area contributed by atoms with Crippen molar-refractivity contribution in [2.24, 2.45) is 0 Å². The number of rotatable bonds is 62. The zero-order valence-corrected chi connectivity index (χ0v) is 54.2. The van der Waals surface area contributed by atoms with E-state index in [1.54, 1.807) is 0 Å². The van der Waals surface area contributed by atoms with Gasteiger partial charge in [0.15, 0.2) is 6.10 Å². The van der Waals surface area contributed by atoms with Gasteiger partial charge in [-0.15, -0.1) is 0 Å². The van der Waals surface area contributed by atoms with Crippen molar-refractivity contribution in [3.8, 4) is 0 Å². The maximum atomic E-state index is 12.9. The second-order valence-electron chi connectivity index (χ2n) is 22.7. The average Bonchev–Trinajstić information content (AvgIpc) is 3.49. The number of hydrogen-bond donors (Lipinski definition) is 0. The van der Waals surface area contributed by atoms with Crippen LogP contribution in [0.3, 0.4) is 0 Å². The van der Waals surface area contributed by atoms with E-state index in [0.29, 0.717) is 19.3 Å². The van der Waals surface area contributed by atoms with E-state index in [0.717, 1.165) is 148 Å². The molecule has 1 unspecified atom stereocenters. The number of hydrogen-bond acceptors (Lipinski definition) is 6. The molecule has 0 aromatic heterocycles. The van der Waals surface area contributed by atoms with Crippen LogP contribution in [-0.4, -0.2) is 37.2 Å². The van der Waals surface area contributed by atoms with E-state index < -0.39 is 6.10 Å². The summed E-state index contributed by atoms with van der Waals surface area (Å²) < 4.78 is 17.0. The highest BCUT2D eigenvalue weighted by Crippen LogP contribution is 2.16. The maximum Gasteiger partial charge on any atom is 0.306 e. The van der Waals surface area contributed by atoms with Gasteiger partial charge in [-0.3, -0.25) is 14.4 Å². The molecule has 0 aliphatic carbocycles. The van der Waals surface area contributed by atoms with Crippen LogP contribution in [0, 0.1) is 0 Å². The van der Waals surface area contributed by atoms with Crippen molar-refractivity contribution < 1.29 is 28.6 Å². The third-order valence-electron chi connectivity index (χ3n) is 14.7. The summed E-state index contributed by atoms with van der Waals surface area (Å²) in [7, 11) is 0. The number of allylic oxidation sites excluding steroid dienone is 22. The van der Waals surface area contributed by atoms with Crippen molar-refractivity contribution in [1.29, 1.82) is 0 Å². The van der Waals surface area contributed by atoms with Crippen molar-refractivity contribution in [3.05, 3.63) is 134 Å². The van der Waals surface area contributed by atoms with Crippen molar-refractivity contribution in [2.75, 3.05) is 13.2 Å². The lowest BCUT2D eigenvalue weighted by atomic mass is 10.0. The zero-order chi connectivity index (χ0) is 59.9. The van der Waals surface area contributed by atoms with Gasteiger partial charge in [-0.2, -0.15) is 0 Å². The minimum Gasteiger partial charge on any atom is -0.462 e. The topological polar surface area (TPSA) is 78.9 Å². The van der Waals surface area contributed by atoms with Crippen molar-refractivity contribution >= 4 is 17.9 Å². The van der Waals surface area contributed by atoms with E-state index in [1.807, 2.05) is 0 Å². The van der Waals surface area contributed by atoms with E-state index in [1.165, 1.54) is 128 Å². The van der Waals surface area contributed by atoms with Crippen LogP contribution in [0.25, 0.3) is 0 Å². The van der Waals surface area contributed by atoms with Gasteiger partial charge in [0.1, 0.15) is 13.2 Å². The molecule has 0 saturated carbocycles. The van der Waals surface area contributed by atoms with Crippen molar-refractivity contribution in [2.45, 2.75) is 322 Å².